The van der Waals surface area contributed by atoms with Crippen molar-refractivity contribution in [1.82, 2.24) is 14.8 Å². The number of nitro groups is 1. The highest BCUT2D eigenvalue weighted by atomic mass is 16.6. The number of rotatable bonds is 3. The summed E-state index contributed by atoms with van der Waals surface area (Å²) >= 11 is 0. The number of carbonyl (C=O) groups excluding carboxylic acids is 1. The fourth-order valence-electron chi connectivity index (χ4n) is 2.20. The van der Waals surface area contributed by atoms with Crippen LogP contribution >= 0.6 is 0 Å². The minimum absolute atomic E-state index is 0.0469. The summed E-state index contributed by atoms with van der Waals surface area (Å²) in [5.41, 5.74) is -0.627. The maximum Gasteiger partial charge on any atom is 0.285 e. The van der Waals surface area contributed by atoms with Crippen LogP contribution in [0.3, 0.4) is 0 Å². The third-order valence-corrected chi connectivity index (χ3v) is 3.31. The van der Waals surface area contributed by atoms with E-state index < -0.39 is 10.5 Å². The SMILES string of the molecule is CC1CNCCN1C(=O)Cn1cc([N+](=O)[O-])ccc1=O. The number of hydrogen-bond acceptors (Lipinski definition) is 5. The zero-order chi connectivity index (χ0) is 14.7. The second-order valence-corrected chi connectivity index (χ2v) is 4.75. The second kappa shape index (κ2) is 5.83. The summed E-state index contributed by atoms with van der Waals surface area (Å²) in [7, 11) is 0. The highest BCUT2D eigenvalue weighted by Crippen LogP contribution is 2.08. The predicted molar refractivity (Wildman–Crippen MR) is 71.4 cm³/mol. The van der Waals surface area contributed by atoms with E-state index in [0.717, 1.165) is 22.9 Å². The summed E-state index contributed by atoms with van der Waals surface area (Å²) in [6, 6.07) is 2.29. The van der Waals surface area contributed by atoms with E-state index in [4.69, 9.17) is 0 Å². The van der Waals surface area contributed by atoms with Gasteiger partial charge in [0, 0.05) is 37.8 Å². The Bertz CT molecular complexity index is 583. The summed E-state index contributed by atoms with van der Waals surface area (Å²) in [5.74, 6) is -0.207. The summed E-state index contributed by atoms with van der Waals surface area (Å²) in [6.45, 7) is 3.73. The van der Waals surface area contributed by atoms with E-state index in [1.165, 1.54) is 0 Å². The number of carbonyl (C=O) groups is 1. The molecule has 2 rings (SSSR count). The second-order valence-electron chi connectivity index (χ2n) is 4.75. The molecule has 0 spiro atoms. The maximum absolute atomic E-state index is 12.2. The summed E-state index contributed by atoms with van der Waals surface area (Å²) < 4.78 is 1.08. The van der Waals surface area contributed by atoms with E-state index in [1.54, 1.807) is 4.90 Å². The van der Waals surface area contributed by atoms with Gasteiger partial charge in [0.15, 0.2) is 0 Å². The van der Waals surface area contributed by atoms with Gasteiger partial charge in [-0.25, -0.2) is 0 Å². The van der Waals surface area contributed by atoms with Gasteiger partial charge in [-0.1, -0.05) is 0 Å². The molecule has 0 saturated carbocycles. The van der Waals surface area contributed by atoms with Crippen LogP contribution in [-0.2, 0) is 11.3 Å². The third-order valence-electron chi connectivity index (χ3n) is 3.31. The maximum atomic E-state index is 12.2. The van der Waals surface area contributed by atoms with Gasteiger partial charge in [-0.15, -0.1) is 0 Å². The van der Waals surface area contributed by atoms with E-state index >= 15 is 0 Å². The number of nitrogens with one attached hydrogen (secondary N) is 1. The summed E-state index contributed by atoms with van der Waals surface area (Å²) in [5, 5.41) is 13.9. The molecule has 108 valence electrons. The van der Waals surface area contributed by atoms with Crippen molar-refractivity contribution in [3.8, 4) is 0 Å². The molecule has 1 atom stereocenters. The molecule has 8 nitrogen and oxygen atoms in total. The van der Waals surface area contributed by atoms with Crippen LogP contribution in [0.1, 0.15) is 6.92 Å². The lowest BCUT2D eigenvalue weighted by Gasteiger charge is -2.34. The molecule has 1 aliphatic rings. The normalized spacial score (nSPS) is 18.9. The van der Waals surface area contributed by atoms with E-state index in [0.29, 0.717) is 19.6 Å². The van der Waals surface area contributed by atoms with Crippen LogP contribution in [0, 0.1) is 10.1 Å². The quantitative estimate of drug-likeness (QED) is 0.599. The number of amides is 1. The van der Waals surface area contributed by atoms with E-state index in [9.17, 15) is 19.7 Å². The number of pyridine rings is 1. The highest BCUT2D eigenvalue weighted by molar-refractivity contribution is 5.76. The van der Waals surface area contributed by atoms with Crippen molar-refractivity contribution in [2.75, 3.05) is 19.6 Å². The van der Waals surface area contributed by atoms with Crippen LogP contribution in [-0.4, -0.2) is 46.0 Å². The van der Waals surface area contributed by atoms with Crippen molar-refractivity contribution in [2.24, 2.45) is 0 Å². The Morgan fingerprint density at radius 1 is 1.55 bits per heavy atom. The van der Waals surface area contributed by atoms with Gasteiger partial charge in [-0.05, 0) is 6.92 Å². The lowest BCUT2D eigenvalue weighted by atomic mass is 10.2. The minimum atomic E-state index is -0.589. The van der Waals surface area contributed by atoms with Gasteiger partial charge in [-0.3, -0.25) is 24.3 Å². The molecule has 0 aliphatic carbocycles. The van der Waals surface area contributed by atoms with Gasteiger partial charge in [0.05, 0.1) is 11.1 Å². The summed E-state index contributed by atoms with van der Waals surface area (Å²) in [4.78, 5) is 35.6. The lowest BCUT2D eigenvalue weighted by molar-refractivity contribution is -0.385. The van der Waals surface area contributed by atoms with Gasteiger partial charge < -0.3 is 10.2 Å². The van der Waals surface area contributed by atoms with E-state index in [1.807, 2.05) is 6.92 Å². The molecule has 1 fully saturated rings. The zero-order valence-corrected chi connectivity index (χ0v) is 11.1. The Morgan fingerprint density at radius 2 is 2.30 bits per heavy atom. The first kappa shape index (κ1) is 14.2. The smallest absolute Gasteiger partial charge is 0.285 e. The van der Waals surface area contributed by atoms with Gasteiger partial charge in [0.1, 0.15) is 6.54 Å². The van der Waals surface area contributed by atoms with Crippen molar-refractivity contribution in [3.05, 3.63) is 38.8 Å². The Balaban J connectivity index is 2.16. The molecule has 20 heavy (non-hydrogen) atoms. The van der Waals surface area contributed by atoms with Gasteiger partial charge >= 0.3 is 0 Å². The molecule has 0 aromatic carbocycles. The summed E-state index contributed by atoms with van der Waals surface area (Å²) in [6.07, 6.45) is 1.10. The largest absolute Gasteiger partial charge is 0.336 e. The van der Waals surface area contributed by atoms with Gasteiger partial charge in [0.25, 0.3) is 11.2 Å². The number of hydrogen-bond donors (Lipinski definition) is 1. The van der Waals surface area contributed by atoms with Crippen LogP contribution in [0.2, 0.25) is 0 Å². The standard InChI is InChI=1S/C12H16N4O4/c1-9-6-13-4-5-15(9)12(18)8-14-7-10(16(19)20)2-3-11(14)17/h2-3,7,9,13H,4-6,8H2,1H3. The average molecular weight is 280 g/mol. The number of piperazine rings is 1. The molecule has 1 amide bonds. The number of nitrogens with zero attached hydrogens (tertiary/aromatic N) is 3. The Morgan fingerprint density at radius 3 is 2.95 bits per heavy atom. The van der Waals surface area contributed by atoms with Crippen molar-refractivity contribution < 1.29 is 9.72 Å². The first-order valence-electron chi connectivity index (χ1n) is 6.34. The molecule has 1 aromatic rings. The average Bonchev–Trinajstić information content (AvgIpc) is 2.41. The fraction of sp³-hybridized carbons (Fsp3) is 0.500. The monoisotopic (exact) mass is 280 g/mol. The van der Waals surface area contributed by atoms with Gasteiger partial charge in [0.2, 0.25) is 5.91 Å². The van der Waals surface area contributed by atoms with Crippen molar-refractivity contribution in [3.63, 3.8) is 0 Å². The number of aromatic nitrogens is 1. The molecule has 8 heteroatoms. The molecule has 1 aliphatic heterocycles. The molecule has 0 radical (unpaired) electrons. The molecular formula is C12H16N4O4. The molecule has 1 N–H and O–H groups in total. The third kappa shape index (κ3) is 3.02. The van der Waals surface area contributed by atoms with E-state index in [-0.39, 0.29) is 24.2 Å². The van der Waals surface area contributed by atoms with Crippen LogP contribution in [0.5, 0.6) is 0 Å². The lowest BCUT2D eigenvalue weighted by Crippen LogP contribution is -2.53. The molecule has 0 bridgehead atoms. The molecule has 1 saturated heterocycles. The van der Waals surface area contributed by atoms with Crippen molar-refractivity contribution in [1.29, 1.82) is 0 Å². The predicted octanol–water partition coefficient (Wildman–Crippen LogP) is -0.423. The van der Waals surface area contributed by atoms with Crippen LogP contribution in [0.4, 0.5) is 5.69 Å². The Kier molecular flexibility index (Phi) is 4.14. The van der Waals surface area contributed by atoms with Crippen molar-refractivity contribution >= 4 is 11.6 Å². The zero-order valence-electron chi connectivity index (χ0n) is 11.1. The molecule has 1 aromatic heterocycles. The van der Waals surface area contributed by atoms with Crippen LogP contribution in [0.15, 0.2) is 23.1 Å². The van der Waals surface area contributed by atoms with Gasteiger partial charge in [-0.2, -0.15) is 0 Å². The Labute approximate surface area is 115 Å². The molecule has 2 heterocycles. The highest BCUT2D eigenvalue weighted by Gasteiger charge is 2.23. The molecule has 1 unspecified atom stereocenters. The van der Waals surface area contributed by atoms with Crippen molar-refractivity contribution in [2.45, 2.75) is 19.5 Å². The minimum Gasteiger partial charge on any atom is -0.336 e. The first-order valence-corrected chi connectivity index (χ1v) is 6.34. The van der Waals surface area contributed by atoms with E-state index in [2.05, 4.69) is 5.32 Å². The fourth-order valence-corrected chi connectivity index (χ4v) is 2.20. The first-order chi connectivity index (χ1) is 9.49. The van der Waals surface area contributed by atoms with Crippen LogP contribution < -0.4 is 10.9 Å². The Hall–Kier alpha value is -2.22. The topological polar surface area (TPSA) is 97.5 Å². The molecular weight excluding hydrogens is 264 g/mol. The van der Waals surface area contributed by atoms with Crippen LogP contribution in [0.25, 0.3) is 0 Å².